The fourth-order valence-corrected chi connectivity index (χ4v) is 13.5. The Morgan fingerprint density at radius 2 is 0.648 bits per heavy atom. The monoisotopic (exact) mass is 737 g/mol. The highest BCUT2D eigenvalue weighted by molar-refractivity contribution is 7.13. The van der Waals surface area contributed by atoms with Crippen LogP contribution in [0.1, 0.15) is 164 Å². The van der Waals surface area contributed by atoms with Gasteiger partial charge < -0.3 is 0 Å². The van der Waals surface area contributed by atoms with Gasteiger partial charge in [-0.1, -0.05) is 228 Å². The summed E-state index contributed by atoms with van der Waals surface area (Å²) in [5, 5.41) is 4.53. The zero-order valence-corrected chi connectivity index (χ0v) is 38.4. The molecule has 1 unspecified atom stereocenters. The molecule has 0 radical (unpaired) electrons. The van der Waals surface area contributed by atoms with Crippen LogP contribution in [0.3, 0.4) is 0 Å². The van der Waals surface area contributed by atoms with E-state index < -0.39 is 8.07 Å². The van der Waals surface area contributed by atoms with E-state index in [2.05, 4.69) is 228 Å². The molecule has 0 aliphatic heterocycles. The predicted molar refractivity (Wildman–Crippen MR) is 243 cm³/mol. The maximum Gasteiger partial charge on any atom is 0.159 e. The highest BCUT2D eigenvalue weighted by Crippen LogP contribution is 2.44. The molecule has 4 aromatic rings. The fourth-order valence-electron chi connectivity index (χ4n) is 7.96. The van der Waals surface area contributed by atoms with E-state index in [1.54, 1.807) is 0 Å². The molecule has 0 aromatic heterocycles. The second-order valence-electron chi connectivity index (χ2n) is 22.6. The van der Waals surface area contributed by atoms with Gasteiger partial charge in [0.15, 0.2) is 8.07 Å². The summed E-state index contributed by atoms with van der Waals surface area (Å²) in [7, 11) is -3.05. The highest BCUT2D eigenvalue weighted by Gasteiger charge is 2.50. The Kier molecular flexibility index (Phi) is 10.8. The van der Waals surface area contributed by atoms with Crippen LogP contribution in [0.25, 0.3) is 5.57 Å². The van der Waals surface area contributed by atoms with Crippen LogP contribution in [0, 0.1) is 0 Å². The maximum absolute atomic E-state index is 3.05. The molecule has 0 heterocycles. The molecule has 0 nitrogen and oxygen atoms in total. The van der Waals surface area contributed by atoms with Crippen LogP contribution in [-0.4, -0.2) is 8.07 Å². The molecule has 288 valence electrons. The summed E-state index contributed by atoms with van der Waals surface area (Å²) >= 11 is 0. The van der Waals surface area contributed by atoms with Crippen LogP contribution in [0.15, 0.2) is 103 Å². The minimum Gasteiger partial charge on any atom is -0.0787 e. The third-order valence-corrected chi connectivity index (χ3v) is 16.9. The summed E-state index contributed by atoms with van der Waals surface area (Å²) < 4.78 is 0. The summed E-state index contributed by atoms with van der Waals surface area (Å²) in [4.78, 5) is 0. The molecule has 0 amide bonds. The Balaban J connectivity index is 2.16. The van der Waals surface area contributed by atoms with Gasteiger partial charge in [0.2, 0.25) is 0 Å². The van der Waals surface area contributed by atoms with Gasteiger partial charge in [0, 0.05) is 5.54 Å². The Hall–Kier alpha value is -3.42. The molecule has 0 bridgehead atoms. The average Bonchev–Trinajstić information content (AvgIpc) is 3.53. The number of allylic oxidation sites excluding steroid dienone is 4. The molecule has 1 aliphatic rings. The minimum absolute atomic E-state index is 0.0204. The lowest BCUT2D eigenvalue weighted by atomic mass is 9.80. The number of rotatable bonds is 5. The van der Waals surface area contributed by atoms with Crippen molar-refractivity contribution in [1.29, 1.82) is 0 Å². The van der Waals surface area contributed by atoms with E-state index in [-0.39, 0.29) is 38.0 Å². The van der Waals surface area contributed by atoms with Crippen molar-refractivity contribution in [2.24, 2.45) is 0 Å². The van der Waals surface area contributed by atoms with Crippen LogP contribution in [0.2, 0.25) is 5.54 Å². The first-order valence-electron chi connectivity index (χ1n) is 20.5. The summed E-state index contributed by atoms with van der Waals surface area (Å²) in [6, 6.07) is 34.7. The summed E-state index contributed by atoms with van der Waals surface area (Å²) in [5.41, 5.74) is 11.3. The third kappa shape index (κ3) is 8.38. The van der Waals surface area contributed by atoms with E-state index in [0.29, 0.717) is 0 Å². The van der Waals surface area contributed by atoms with Gasteiger partial charge in [-0.05, 0) is 92.6 Å². The number of hydrogen-bond acceptors (Lipinski definition) is 0. The quantitative estimate of drug-likeness (QED) is 0.141. The first-order chi connectivity index (χ1) is 24.5. The molecule has 1 atom stereocenters. The molecule has 54 heavy (non-hydrogen) atoms. The van der Waals surface area contributed by atoms with Crippen molar-refractivity contribution in [2.75, 3.05) is 0 Å². The van der Waals surface area contributed by atoms with Gasteiger partial charge in [0.1, 0.15) is 0 Å². The van der Waals surface area contributed by atoms with E-state index in [0.717, 1.165) is 0 Å². The lowest BCUT2D eigenvalue weighted by molar-refractivity contribution is 0.569. The predicted octanol–water partition coefficient (Wildman–Crippen LogP) is 13.0. The molecular weight excluding hydrogens is 665 g/mol. The van der Waals surface area contributed by atoms with Gasteiger partial charge in [-0.25, -0.2) is 0 Å². The van der Waals surface area contributed by atoms with E-state index in [1.165, 1.54) is 60.1 Å². The van der Waals surface area contributed by atoms with Crippen molar-refractivity contribution >= 4 is 29.2 Å². The normalized spacial score (nSPS) is 16.2. The van der Waals surface area contributed by atoms with E-state index in [9.17, 15) is 0 Å². The summed E-state index contributed by atoms with van der Waals surface area (Å²) in [6.45, 7) is 43.0. The van der Waals surface area contributed by atoms with Crippen LogP contribution >= 0.6 is 0 Å². The van der Waals surface area contributed by atoms with Crippen molar-refractivity contribution in [3.05, 3.63) is 142 Å². The van der Waals surface area contributed by atoms with Crippen molar-refractivity contribution in [3.63, 3.8) is 0 Å². The number of hydrogen-bond donors (Lipinski definition) is 0. The highest BCUT2D eigenvalue weighted by atomic mass is 28.3. The lowest BCUT2D eigenvalue weighted by Gasteiger charge is -2.43. The zero-order chi connectivity index (χ0) is 40.4. The first-order valence-corrected chi connectivity index (χ1v) is 22.6. The van der Waals surface area contributed by atoms with Crippen LogP contribution in [-0.2, 0) is 32.5 Å². The standard InChI is InChI=1S/C53H72Si/c1-48(2,3)37-27-38(49(4,5)6)31-43(30-37)54(47-26-22-25-46(47)36-23-20-19-21-24-36,44-32-39(50(7,8)9)28-40(33-44)51(10,11)12)45-34-41(52(13,14)15)29-42(35-45)53(16,17)18/h19-35,47H,1-18H3. The molecule has 0 N–H and O–H groups in total. The smallest absolute Gasteiger partial charge is 0.0787 e. The fraction of sp³-hybridized carbons (Fsp3) is 0.472. The molecular formula is C53H72Si. The third-order valence-electron chi connectivity index (χ3n) is 11.8. The van der Waals surface area contributed by atoms with Gasteiger partial charge in [-0.15, -0.1) is 0 Å². The second kappa shape index (κ2) is 13.9. The van der Waals surface area contributed by atoms with Gasteiger partial charge in [-0.2, -0.15) is 0 Å². The molecule has 1 heteroatoms. The Labute approximate surface area is 332 Å². The molecule has 4 aromatic carbocycles. The summed E-state index contributed by atoms with van der Waals surface area (Å²) in [5.74, 6) is 0. The van der Waals surface area contributed by atoms with Gasteiger partial charge in [0.25, 0.3) is 0 Å². The maximum atomic E-state index is 2.65. The Morgan fingerprint density at radius 1 is 0.370 bits per heavy atom. The van der Waals surface area contributed by atoms with Crippen molar-refractivity contribution in [1.82, 2.24) is 0 Å². The topological polar surface area (TPSA) is 0 Å². The van der Waals surface area contributed by atoms with Crippen LogP contribution in [0.4, 0.5) is 0 Å². The van der Waals surface area contributed by atoms with Crippen molar-refractivity contribution in [3.8, 4) is 0 Å². The first kappa shape index (κ1) is 41.7. The molecule has 0 saturated carbocycles. The SMILES string of the molecule is CC(C)(C)c1cc(C(C)(C)C)cc([Si](c2cc(C(C)(C)C)cc(C(C)(C)C)c2)(c2cc(C(C)(C)C)cc(C(C)(C)C)c2)C2C=CC=C2c2ccccc2)c1. The Bertz CT molecular complexity index is 1760. The molecule has 0 spiro atoms. The molecule has 0 fully saturated rings. The molecule has 0 saturated heterocycles. The second-order valence-corrected chi connectivity index (χ2v) is 26.5. The largest absolute Gasteiger partial charge is 0.159 e. The lowest BCUT2D eigenvalue weighted by Crippen LogP contribution is -2.70. The number of benzene rings is 4. The molecule has 1 aliphatic carbocycles. The summed E-state index contributed by atoms with van der Waals surface area (Å²) in [6.07, 6.45) is 7.37. The van der Waals surface area contributed by atoms with Gasteiger partial charge in [0.05, 0.1) is 0 Å². The van der Waals surface area contributed by atoms with Crippen LogP contribution < -0.4 is 15.6 Å². The van der Waals surface area contributed by atoms with E-state index in [4.69, 9.17) is 0 Å². The van der Waals surface area contributed by atoms with Crippen molar-refractivity contribution in [2.45, 2.75) is 163 Å². The van der Waals surface area contributed by atoms with Gasteiger partial charge >= 0.3 is 0 Å². The molecule has 5 rings (SSSR count). The van der Waals surface area contributed by atoms with E-state index in [1.807, 2.05) is 0 Å². The van der Waals surface area contributed by atoms with Crippen LogP contribution in [0.5, 0.6) is 0 Å². The average molecular weight is 737 g/mol. The minimum atomic E-state index is -3.05. The van der Waals surface area contributed by atoms with Crippen molar-refractivity contribution < 1.29 is 0 Å². The van der Waals surface area contributed by atoms with Gasteiger partial charge in [-0.3, -0.25) is 0 Å². The Morgan fingerprint density at radius 3 is 0.907 bits per heavy atom. The zero-order valence-electron chi connectivity index (χ0n) is 37.4. The van der Waals surface area contributed by atoms with E-state index >= 15 is 0 Å².